The van der Waals surface area contributed by atoms with Crippen LogP contribution >= 0.6 is 0 Å². The Labute approximate surface area is 163 Å². The first-order valence-electron chi connectivity index (χ1n) is 10.6. The molecule has 0 aromatic rings. The van der Waals surface area contributed by atoms with E-state index in [1.807, 2.05) is 4.90 Å². The molecule has 1 aliphatic carbocycles. The first kappa shape index (κ1) is 20.6. The van der Waals surface area contributed by atoms with Crippen LogP contribution in [0.5, 0.6) is 0 Å². The number of hydrogen-bond donors (Lipinski definition) is 1. The van der Waals surface area contributed by atoms with Crippen molar-refractivity contribution in [1.29, 1.82) is 0 Å². The average molecular weight is 381 g/mol. The molecule has 2 saturated heterocycles. The number of carbonyl (C=O) groups is 2. The van der Waals surface area contributed by atoms with E-state index in [0.29, 0.717) is 57.3 Å². The van der Waals surface area contributed by atoms with Crippen molar-refractivity contribution in [2.24, 2.45) is 11.8 Å². The average Bonchev–Trinajstić information content (AvgIpc) is 2.67. The molecule has 27 heavy (non-hydrogen) atoms. The van der Waals surface area contributed by atoms with Gasteiger partial charge in [0.05, 0.1) is 26.3 Å². The maximum absolute atomic E-state index is 12.5. The van der Waals surface area contributed by atoms with Gasteiger partial charge in [0.2, 0.25) is 11.8 Å². The van der Waals surface area contributed by atoms with E-state index >= 15 is 0 Å². The summed E-state index contributed by atoms with van der Waals surface area (Å²) in [5.74, 6) is 1.60. The van der Waals surface area contributed by atoms with Gasteiger partial charge in [0.15, 0.2) is 0 Å². The quantitative estimate of drug-likeness (QED) is 0.748. The standard InChI is InChI=1S/C20H36N4O3/c1-16-4-3-5-18(17(16)2)21-19(25)14-22-6-8-23(9-7-22)15-20(26)24-10-12-27-13-11-24/h16-18H,3-15H2,1-2H3,(H,21,25). The third kappa shape index (κ3) is 5.90. The minimum absolute atomic E-state index is 0.152. The Hall–Kier alpha value is -1.18. The molecule has 2 aliphatic heterocycles. The third-order valence-electron chi connectivity index (χ3n) is 6.61. The van der Waals surface area contributed by atoms with E-state index in [2.05, 4.69) is 29.0 Å². The summed E-state index contributed by atoms with van der Waals surface area (Å²) >= 11 is 0. The topological polar surface area (TPSA) is 65.1 Å². The molecule has 2 heterocycles. The molecular formula is C20H36N4O3. The highest BCUT2D eigenvalue weighted by Crippen LogP contribution is 2.29. The number of morpholine rings is 1. The van der Waals surface area contributed by atoms with Crippen molar-refractivity contribution >= 4 is 11.8 Å². The van der Waals surface area contributed by atoms with Gasteiger partial charge in [-0.2, -0.15) is 0 Å². The molecule has 3 atom stereocenters. The highest BCUT2D eigenvalue weighted by Gasteiger charge is 2.29. The van der Waals surface area contributed by atoms with Crippen LogP contribution in [0.1, 0.15) is 33.1 Å². The number of carbonyl (C=O) groups excluding carboxylic acids is 2. The molecular weight excluding hydrogens is 344 g/mol. The Balaban J connectivity index is 1.35. The first-order chi connectivity index (χ1) is 13.0. The summed E-state index contributed by atoms with van der Waals surface area (Å²) in [6, 6.07) is 0.327. The summed E-state index contributed by atoms with van der Waals surface area (Å²) in [6.45, 7) is 11.6. The second-order valence-electron chi connectivity index (χ2n) is 8.49. The molecule has 3 unspecified atom stereocenters. The van der Waals surface area contributed by atoms with Crippen LogP contribution in [-0.2, 0) is 14.3 Å². The lowest BCUT2D eigenvalue weighted by atomic mass is 9.78. The van der Waals surface area contributed by atoms with E-state index < -0.39 is 0 Å². The number of nitrogens with one attached hydrogen (secondary N) is 1. The van der Waals surface area contributed by atoms with Crippen LogP contribution in [-0.4, -0.2) is 98.1 Å². The maximum atomic E-state index is 12.5. The van der Waals surface area contributed by atoms with Crippen LogP contribution < -0.4 is 5.32 Å². The molecule has 0 spiro atoms. The smallest absolute Gasteiger partial charge is 0.236 e. The van der Waals surface area contributed by atoms with Gasteiger partial charge in [-0.15, -0.1) is 0 Å². The molecule has 3 rings (SSSR count). The lowest BCUT2D eigenvalue weighted by Crippen LogP contribution is -2.54. The summed E-state index contributed by atoms with van der Waals surface area (Å²) in [4.78, 5) is 31.1. The van der Waals surface area contributed by atoms with E-state index in [9.17, 15) is 9.59 Å². The number of ether oxygens (including phenoxy) is 1. The molecule has 0 radical (unpaired) electrons. The summed E-state index contributed by atoms with van der Waals surface area (Å²) in [6.07, 6.45) is 3.60. The zero-order chi connectivity index (χ0) is 19.2. The van der Waals surface area contributed by atoms with Gasteiger partial charge in [-0.3, -0.25) is 19.4 Å². The van der Waals surface area contributed by atoms with Gasteiger partial charge in [-0.1, -0.05) is 26.7 Å². The van der Waals surface area contributed by atoms with Gasteiger partial charge in [0.25, 0.3) is 0 Å². The van der Waals surface area contributed by atoms with Crippen molar-refractivity contribution in [2.45, 2.75) is 39.2 Å². The van der Waals surface area contributed by atoms with Crippen molar-refractivity contribution in [2.75, 3.05) is 65.6 Å². The van der Waals surface area contributed by atoms with Crippen LogP contribution in [0, 0.1) is 11.8 Å². The Morgan fingerprint density at radius 2 is 1.56 bits per heavy atom. The van der Waals surface area contributed by atoms with Crippen molar-refractivity contribution in [1.82, 2.24) is 20.0 Å². The molecule has 0 aromatic carbocycles. The highest BCUT2D eigenvalue weighted by molar-refractivity contribution is 5.79. The third-order valence-corrected chi connectivity index (χ3v) is 6.61. The monoisotopic (exact) mass is 380 g/mol. The molecule has 3 fully saturated rings. The molecule has 7 heteroatoms. The van der Waals surface area contributed by atoms with Gasteiger partial charge in [0.1, 0.15) is 0 Å². The highest BCUT2D eigenvalue weighted by atomic mass is 16.5. The largest absolute Gasteiger partial charge is 0.378 e. The van der Waals surface area contributed by atoms with Crippen LogP contribution in [0.15, 0.2) is 0 Å². The Morgan fingerprint density at radius 1 is 0.926 bits per heavy atom. The van der Waals surface area contributed by atoms with Crippen LogP contribution in [0.25, 0.3) is 0 Å². The number of amides is 2. The molecule has 154 valence electrons. The Kier molecular flexibility index (Phi) is 7.49. The SMILES string of the molecule is CC1CCCC(NC(=O)CN2CCN(CC(=O)N3CCOCC3)CC2)C1C. The van der Waals surface area contributed by atoms with Crippen LogP contribution in [0.3, 0.4) is 0 Å². The van der Waals surface area contributed by atoms with Gasteiger partial charge in [0, 0.05) is 45.3 Å². The Bertz CT molecular complexity index is 501. The molecule has 0 aromatic heterocycles. The minimum atomic E-state index is 0.152. The zero-order valence-corrected chi connectivity index (χ0v) is 17.0. The second-order valence-corrected chi connectivity index (χ2v) is 8.49. The zero-order valence-electron chi connectivity index (χ0n) is 17.0. The number of hydrogen-bond acceptors (Lipinski definition) is 5. The van der Waals surface area contributed by atoms with E-state index in [1.54, 1.807) is 0 Å². The first-order valence-corrected chi connectivity index (χ1v) is 10.6. The summed E-state index contributed by atoms with van der Waals surface area (Å²) in [5.41, 5.74) is 0. The molecule has 1 saturated carbocycles. The molecule has 3 aliphatic rings. The predicted octanol–water partition coefficient (Wildman–Crippen LogP) is 0.404. The summed E-state index contributed by atoms with van der Waals surface area (Å²) in [7, 11) is 0. The lowest BCUT2D eigenvalue weighted by Gasteiger charge is -2.37. The normalized spacial score (nSPS) is 30.9. The van der Waals surface area contributed by atoms with Gasteiger partial charge >= 0.3 is 0 Å². The fraction of sp³-hybridized carbons (Fsp3) is 0.900. The summed E-state index contributed by atoms with van der Waals surface area (Å²) in [5, 5.41) is 3.27. The number of piperazine rings is 1. The van der Waals surface area contributed by atoms with Crippen LogP contribution in [0.4, 0.5) is 0 Å². The van der Waals surface area contributed by atoms with Gasteiger partial charge < -0.3 is 15.0 Å². The van der Waals surface area contributed by atoms with E-state index in [1.165, 1.54) is 12.8 Å². The number of nitrogens with zero attached hydrogens (tertiary/aromatic N) is 3. The van der Waals surface area contributed by atoms with E-state index in [-0.39, 0.29) is 11.8 Å². The van der Waals surface area contributed by atoms with Crippen LogP contribution in [0.2, 0.25) is 0 Å². The Morgan fingerprint density at radius 3 is 2.22 bits per heavy atom. The van der Waals surface area contributed by atoms with Crippen molar-refractivity contribution in [3.63, 3.8) is 0 Å². The molecule has 1 N–H and O–H groups in total. The van der Waals surface area contributed by atoms with Gasteiger partial charge in [-0.05, 0) is 18.3 Å². The molecule has 7 nitrogen and oxygen atoms in total. The molecule has 2 amide bonds. The fourth-order valence-electron chi connectivity index (χ4n) is 4.45. The predicted molar refractivity (Wildman–Crippen MR) is 104 cm³/mol. The van der Waals surface area contributed by atoms with Crippen molar-refractivity contribution in [3.8, 4) is 0 Å². The molecule has 0 bridgehead atoms. The van der Waals surface area contributed by atoms with Crippen molar-refractivity contribution in [3.05, 3.63) is 0 Å². The van der Waals surface area contributed by atoms with E-state index in [0.717, 1.165) is 32.6 Å². The lowest BCUT2D eigenvalue weighted by molar-refractivity contribution is -0.137. The fourth-order valence-corrected chi connectivity index (χ4v) is 4.45. The summed E-state index contributed by atoms with van der Waals surface area (Å²) < 4.78 is 5.31. The van der Waals surface area contributed by atoms with Crippen molar-refractivity contribution < 1.29 is 14.3 Å². The van der Waals surface area contributed by atoms with E-state index in [4.69, 9.17) is 4.74 Å². The maximum Gasteiger partial charge on any atom is 0.236 e. The number of rotatable bonds is 5. The minimum Gasteiger partial charge on any atom is -0.378 e. The second kappa shape index (κ2) is 9.85. The van der Waals surface area contributed by atoms with Gasteiger partial charge in [-0.25, -0.2) is 0 Å².